The number of halogens is 2. The van der Waals surface area contributed by atoms with Crippen LogP contribution in [0.2, 0.25) is 0 Å². The molecule has 0 heterocycles. The van der Waals surface area contributed by atoms with Crippen LogP contribution in [0.15, 0.2) is 40.9 Å². The van der Waals surface area contributed by atoms with Gasteiger partial charge in [-0.15, -0.1) is 0 Å². The predicted octanol–water partition coefficient (Wildman–Crippen LogP) is 4.17. The van der Waals surface area contributed by atoms with E-state index in [1.165, 1.54) is 18.2 Å². The lowest BCUT2D eigenvalue weighted by atomic mass is 10.1. The van der Waals surface area contributed by atoms with Gasteiger partial charge in [0.25, 0.3) is 0 Å². The Balaban J connectivity index is 2.10. The van der Waals surface area contributed by atoms with Crippen molar-refractivity contribution in [2.75, 3.05) is 0 Å². The Labute approximate surface area is 124 Å². The molecular formula is C15H12BrFO3. The Bertz CT molecular complexity index is 656. The van der Waals surface area contributed by atoms with Crippen molar-refractivity contribution in [2.24, 2.45) is 0 Å². The summed E-state index contributed by atoms with van der Waals surface area (Å²) in [4.78, 5) is 10.8. The summed E-state index contributed by atoms with van der Waals surface area (Å²) in [6.07, 6.45) is 0. The van der Waals surface area contributed by atoms with Gasteiger partial charge in [-0.2, -0.15) is 0 Å². The number of aryl methyl sites for hydroxylation is 1. The van der Waals surface area contributed by atoms with Crippen molar-refractivity contribution in [3.63, 3.8) is 0 Å². The van der Waals surface area contributed by atoms with Crippen LogP contribution in [-0.4, -0.2) is 11.1 Å². The molecule has 0 aliphatic carbocycles. The Morgan fingerprint density at radius 3 is 2.65 bits per heavy atom. The van der Waals surface area contributed by atoms with E-state index in [4.69, 9.17) is 9.84 Å². The Hall–Kier alpha value is -1.88. The maximum Gasteiger partial charge on any atom is 0.335 e. The molecule has 0 bridgehead atoms. The molecule has 0 saturated heterocycles. The first kappa shape index (κ1) is 14.5. The van der Waals surface area contributed by atoms with Crippen LogP contribution < -0.4 is 4.74 Å². The van der Waals surface area contributed by atoms with Gasteiger partial charge < -0.3 is 9.84 Å². The summed E-state index contributed by atoms with van der Waals surface area (Å²) in [5.74, 6) is -0.871. The van der Waals surface area contributed by atoms with E-state index in [1.807, 2.05) is 0 Å². The molecule has 0 unspecified atom stereocenters. The van der Waals surface area contributed by atoms with Crippen molar-refractivity contribution < 1.29 is 19.0 Å². The third-order valence-corrected chi connectivity index (χ3v) is 3.58. The molecule has 0 saturated carbocycles. The van der Waals surface area contributed by atoms with Gasteiger partial charge in [-0.05, 0) is 30.7 Å². The fourth-order valence-corrected chi connectivity index (χ4v) is 2.12. The number of rotatable bonds is 4. The molecule has 0 spiro atoms. The number of carbonyl (C=O) groups is 1. The second-order valence-corrected chi connectivity index (χ2v) is 5.17. The highest BCUT2D eigenvalue weighted by Crippen LogP contribution is 2.22. The van der Waals surface area contributed by atoms with Crippen LogP contribution >= 0.6 is 15.9 Å². The molecule has 0 radical (unpaired) electrons. The summed E-state index contributed by atoms with van der Waals surface area (Å²) in [6, 6.07) is 9.34. The van der Waals surface area contributed by atoms with E-state index in [0.29, 0.717) is 15.8 Å². The first-order valence-electron chi connectivity index (χ1n) is 5.88. The zero-order valence-corrected chi connectivity index (χ0v) is 12.3. The van der Waals surface area contributed by atoms with Gasteiger partial charge in [0.2, 0.25) is 0 Å². The summed E-state index contributed by atoms with van der Waals surface area (Å²) in [6.45, 7) is 1.91. The second kappa shape index (κ2) is 6.05. The summed E-state index contributed by atoms with van der Waals surface area (Å²) in [7, 11) is 0. The molecule has 20 heavy (non-hydrogen) atoms. The number of aromatic carboxylic acids is 1. The molecule has 104 valence electrons. The monoisotopic (exact) mass is 338 g/mol. The SMILES string of the molecule is Cc1ccc(OCc2ccc(C(=O)O)cc2Br)cc1F. The van der Waals surface area contributed by atoms with E-state index >= 15 is 0 Å². The molecular weight excluding hydrogens is 327 g/mol. The fraction of sp³-hybridized carbons (Fsp3) is 0.133. The predicted molar refractivity (Wildman–Crippen MR) is 76.6 cm³/mol. The zero-order valence-electron chi connectivity index (χ0n) is 10.7. The van der Waals surface area contributed by atoms with Gasteiger partial charge in [0.05, 0.1) is 5.56 Å². The standard InChI is InChI=1S/C15H12BrFO3/c1-9-2-5-12(7-14(9)17)20-8-11-4-3-10(15(18)19)6-13(11)16/h2-7H,8H2,1H3,(H,18,19). The van der Waals surface area contributed by atoms with Gasteiger partial charge in [0.1, 0.15) is 18.2 Å². The van der Waals surface area contributed by atoms with E-state index in [2.05, 4.69) is 15.9 Å². The van der Waals surface area contributed by atoms with Crippen LogP contribution in [0, 0.1) is 12.7 Å². The normalized spacial score (nSPS) is 10.3. The molecule has 2 rings (SSSR count). The first-order valence-corrected chi connectivity index (χ1v) is 6.67. The number of carboxylic acid groups (broad SMARTS) is 1. The molecule has 0 amide bonds. The van der Waals surface area contributed by atoms with Crippen molar-refractivity contribution in [1.82, 2.24) is 0 Å². The van der Waals surface area contributed by atoms with Crippen LogP contribution in [0.3, 0.4) is 0 Å². The van der Waals surface area contributed by atoms with Gasteiger partial charge in [-0.1, -0.05) is 28.1 Å². The Morgan fingerprint density at radius 1 is 1.30 bits per heavy atom. The van der Waals surface area contributed by atoms with E-state index in [0.717, 1.165) is 5.56 Å². The third kappa shape index (κ3) is 3.36. The van der Waals surface area contributed by atoms with Crippen LogP contribution in [0.4, 0.5) is 4.39 Å². The maximum absolute atomic E-state index is 13.4. The maximum atomic E-state index is 13.4. The summed E-state index contributed by atoms with van der Waals surface area (Å²) >= 11 is 3.30. The number of carboxylic acids is 1. The second-order valence-electron chi connectivity index (χ2n) is 4.31. The minimum atomic E-state index is -0.987. The van der Waals surface area contributed by atoms with Gasteiger partial charge in [-0.3, -0.25) is 0 Å². The van der Waals surface area contributed by atoms with Gasteiger partial charge in [0, 0.05) is 16.1 Å². The lowest BCUT2D eigenvalue weighted by molar-refractivity contribution is 0.0696. The third-order valence-electron chi connectivity index (χ3n) is 2.84. The summed E-state index contributed by atoms with van der Waals surface area (Å²) < 4.78 is 19.5. The highest BCUT2D eigenvalue weighted by atomic mass is 79.9. The van der Waals surface area contributed by atoms with Gasteiger partial charge in [0.15, 0.2) is 0 Å². The molecule has 1 N–H and O–H groups in total. The smallest absolute Gasteiger partial charge is 0.335 e. The fourth-order valence-electron chi connectivity index (χ4n) is 1.62. The van der Waals surface area contributed by atoms with Crippen molar-refractivity contribution >= 4 is 21.9 Å². The Morgan fingerprint density at radius 2 is 2.05 bits per heavy atom. The number of benzene rings is 2. The van der Waals surface area contributed by atoms with Crippen LogP contribution in [0.5, 0.6) is 5.75 Å². The lowest BCUT2D eigenvalue weighted by Gasteiger charge is -2.09. The van der Waals surface area contributed by atoms with Crippen LogP contribution in [0.1, 0.15) is 21.5 Å². The molecule has 2 aromatic rings. The average Bonchev–Trinajstić information content (AvgIpc) is 2.41. The molecule has 0 atom stereocenters. The van der Waals surface area contributed by atoms with E-state index < -0.39 is 5.97 Å². The minimum Gasteiger partial charge on any atom is -0.489 e. The molecule has 0 aliphatic rings. The lowest BCUT2D eigenvalue weighted by Crippen LogP contribution is -2.00. The summed E-state index contributed by atoms with van der Waals surface area (Å²) in [5.41, 5.74) is 1.54. The highest BCUT2D eigenvalue weighted by molar-refractivity contribution is 9.10. The molecule has 5 heteroatoms. The number of hydrogen-bond acceptors (Lipinski definition) is 2. The molecule has 0 aliphatic heterocycles. The van der Waals surface area contributed by atoms with E-state index in [9.17, 15) is 9.18 Å². The minimum absolute atomic E-state index is 0.196. The topological polar surface area (TPSA) is 46.5 Å². The quantitative estimate of drug-likeness (QED) is 0.909. The van der Waals surface area contributed by atoms with Gasteiger partial charge >= 0.3 is 5.97 Å². The molecule has 0 fully saturated rings. The number of ether oxygens (including phenoxy) is 1. The summed E-state index contributed by atoms with van der Waals surface area (Å²) in [5, 5.41) is 8.87. The zero-order chi connectivity index (χ0) is 14.7. The average molecular weight is 339 g/mol. The van der Waals surface area contributed by atoms with Gasteiger partial charge in [-0.25, -0.2) is 9.18 Å². The molecule has 2 aromatic carbocycles. The first-order chi connectivity index (χ1) is 9.47. The van der Waals surface area contributed by atoms with Crippen LogP contribution in [0.25, 0.3) is 0 Å². The largest absolute Gasteiger partial charge is 0.489 e. The van der Waals surface area contributed by atoms with Crippen molar-refractivity contribution in [2.45, 2.75) is 13.5 Å². The van der Waals surface area contributed by atoms with Crippen LogP contribution in [-0.2, 0) is 6.61 Å². The molecule has 0 aromatic heterocycles. The van der Waals surface area contributed by atoms with E-state index in [1.54, 1.807) is 25.1 Å². The highest BCUT2D eigenvalue weighted by Gasteiger charge is 2.08. The van der Waals surface area contributed by atoms with Crippen molar-refractivity contribution in [3.8, 4) is 5.75 Å². The number of hydrogen-bond donors (Lipinski definition) is 1. The molecule has 3 nitrogen and oxygen atoms in total. The van der Waals surface area contributed by atoms with Crippen molar-refractivity contribution in [1.29, 1.82) is 0 Å². The van der Waals surface area contributed by atoms with E-state index in [-0.39, 0.29) is 18.0 Å². The van der Waals surface area contributed by atoms with Crippen molar-refractivity contribution in [3.05, 3.63) is 63.4 Å². The Kier molecular flexibility index (Phi) is 4.39.